The molecule has 0 aliphatic heterocycles. The lowest BCUT2D eigenvalue weighted by Gasteiger charge is -2.18. The highest BCUT2D eigenvalue weighted by Crippen LogP contribution is 2.14. The number of hydrogen-bond donors (Lipinski definition) is 0. The maximum Gasteiger partial charge on any atom is 0.306 e. The van der Waals surface area contributed by atoms with E-state index in [0.717, 1.165) is 167 Å². The Morgan fingerprint density at radius 1 is 0.256 bits per heavy atom. The maximum absolute atomic E-state index is 12.9. The number of unbranched alkanes of at least 4 members (excludes halogenated alkanes) is 19. The third kappa shape index (κ3) is 65.6. The van der Waals surface area contributed by atoms with Crippen molar-refractivity contribution in [1.82, 2.24) is 0 Å². The van der Waals surface area contributed by atoms with Gasteiger partial charge >= 0.3 is 17.9 Å². The molecular weight excluding hydrogens is 1010 g/mol. The fourth-order valence-electron chi connectivity index (χ4n) is 8.58. The molecule has 0 bridgehead atoms. The van der Waals surface area contributed by atoms with Gasteiger partial charge in [-0.15, -0.1) is 0 Å². The first-order chi connectivity index (χ1) is 40.5. The largest absolute Gasteiger partial charge is 0.462 e. The van der Waals surface area contributed by atoms with Crippen molar-refractivity contribution in [3.8, 4) is 0 Å². The summed E-state index contributed by atoms with van der Waals surface area (Å²) in [6, 6.07) is 0. The van der Waals surface area contributed by atoms with Crippen LogP contribution in [0.1, 0.15) is 271 Å². The van der Waals surface area contributed by atoms with Gasteiger partial charge in [0.2, 0.25) is 0 Å². The van der Waals surface area contributed by atoms with Crippen molar-refractivity contribution in [2.45, 2.75) is 277 Å². The second-order valence-electron chi connectivity index (χ2n) is 21.3. The topological polar surface area (TPSA) is 78.9 Å². The van der Waals surface area contributed by atoms with Crippen LogP contribution < -0.4 is 0 Å². The second-order valence-corrected chi connectivity index (χ2v) is 21.3. The van der Waals surface area contributed by atoms with Crippen LogP contribution >= 0.6 is 0 Å². The SMILES string of the molecule is CC/C=C\C/C=C\C/C=C\C/C=C\C/C=C\C/C=C\C/C=C\C/C=C\CCCCCCCCCCC(=O)OCC(COC(=O)CCCCCCCCCC)OC(=O)CCCCCC/C=C\C/C=C\C/C=C\C/C=C\C/C=C\C/C=C\CC. The van der Waals surface area contributed by atoms with Crippen molar-refractivity contribution in [3.63, 3.8) is 0 Å². The van der Waals surface area contributed by atoms with E-state index in [-0.39, 0.29) is 31.1 Å². The van der Waals surface area contributed by atoms with Gasteiger partial charge in [-0.3, -0.25) is 14.4 Å². The minimum atomic E-state index is -0.802. The van der Waals surface area contributed by atoms with Gasteiger partial charge < -0.3 is 14.2 Å². The first-order valence-corrected chi connectivity index (χ1v) is 33.1. The molecule has 82 heavy (non-hydrogen) atoms. The maximum atomic E-state index is 12.9. The molecule has 0 aliphatic rings. The molecule has 0 saturated carbocycles. The third-order valence-electron chi connectivity index (χ3n) is 13.5. The predicted octanol–water partition coefficient (Wildman–Crippen LogP) is 23.0. The summed E-state index contributed by atoms with van der Waals surface area (Å²) in [5.41, 5.74) is 0. The quantitative estimate of drug-likeness (QED) is 0.0261. The number of allylic oxidation sites excluding steroid dienone is 28. The Balaban J connectivity index is 4.26. The summed E-state index contributed by atoms with van der Waals surface area (Å²) < 4.78 is 16.8. The minimum Gasteiger partial charge on any atom is -0.462 e. The smallest absolute Gasteiger partial charge is 0.306 e. The van der Waals surface area contributed by atoms with E-state index in [1.54, 1.807) is 0 Å². The molecule has 0 spiro atoms. The fourth-order valence-corrected chi connectivity index (χ4v) is 8.58. The lowest BCUT2D eigenvalue weighted by atomic mass is 10.1. The van der Waals surface area contributed by atoms with Crippen molar-refractivity contribution in [3.05, 3.63) is 170 Å². The number of carbonyl (C=O) groups is 3. The first kappa shape index (κ1) is 76.8. The van der Waals surface area contributed by atoms with Crippen molar-refractivity contribution in [2.75, 3.05) is 13.2 Å². The zero-order valence-corrected chi connectivity index (χ0v) is 52.7. The van der Waals surface area contributed by atoms with Gasteiger partial charge in [0.05, 0.1) is 0 Å². The van der Waals surface area contributed by atoms with Crippen LogP contribution in [0.25, 0.3) is 0 Å². The highest BCUT2D eigenvalue weighted by molar-refractivity contribution is 5.71. The minimum absolute atomic E-state index is 0.0965. The summed E-state index contributed by atoms with van der Waals surface area (Å²) in [5.74, 6) is -0.939. The van der Waals surface area contributed by atoms with Gasteiger partial charge in [0.1, 0.15) is 13.2 Å². The molecular formula is C76H120O6. The highest BCUT2D eigenvalue weighted by atomic mass is 16.6. The van der Waals surface area contributed by atoms with E-state index in [9.17, 15) is 14.4 Å². The molecule has 0 aliphatic carbocycles. The molecule has 6 heteroatoms. The molecule has 0 aromatic rings. The lowest BCUT2D eigenvalue weighted by molar-refractivity contribution is -0.167. The monoisotopic (exact) mass is 1130 g/mol. The van der Waals surface area contributed by atoms with Crippen LogP contribution in [0.5, 0.6) is 0 Å². The summed E-state index contributed by atoms with van der Waals surface area (Å²) in [6.07, 6.45) is 101. The van der Waals surface area contributed by atoms with Crippen LogP contribution in [-0.4, -0.2) is 37.2 Å². The summed E-state index contributed by atoms with van der Waals surface area (Å²) in [7, 11) is 0. The van der Waals surface area contributed by atoms with E-state index in [1.165, 1.54) is 64.2 Å². The van der Waals surface area contributed by atoms with Crippen molar-refractivity contribution in [1.29, 1.82) is 0 Å². The van der Waals surface area contributed by atoms with Gasteiger partial charge in [-0.25, -0.2) is 0 Å². The van der Waals surface area contributed by atoms with E-state index < -0.39 is 6.10 Å². The molecule has 0 aromatic heterocycles. The molecule has 0 amide bonds. The Kier molecular flexibility index (Phi) is 63.9. The number of hydrogen-bond acceptors (Lipinski definition) is 6. The van der Waals surface area contributed by atoms with Crippen LogP contribution in [0, 0.1) is 0 Å². The highest BCUT2D eigenvalue weighted by Gasteiger charge is 2.19. The fraction of sp³-hybridized carbons (Fsp3) is 0.592. The van der Waals surface area contributed by atoms with Gasteiger partial charge in [0, 0.05) is 19.3 Å². The Hall–Kier alpha value is -5.23. The Morgan fingerprint density at radius 3 is 0.744 bits per heavy atom. The molecule has 0 heterocycles. The Morgan fingerprint density at radius 2 is 0.476 bits per heavy atom. The molecule has 460 valence electrons. The molecule has 1 unspecified atom stereocenters. The molecule has 0 saturated heterocycles. The average Bonchev–Trinajstić information content (AvgIpc) is 3.47. The van der Waals surface area contributed by atoms with E-state index in [0.29, 0.717) is 19.3 Å². The van der Waals surface area contributed by atoms with Crippen LogP contribution in [0.4, 0.5) is 0 Å². The van der Waals surface area contributed by atoms with Crippen LogP contribution in [0.15, 0.2) is 170 Å². The summed E-state index contributed by atoms with van der Waals surface area (Å²) >= 11 is 0. The average molecular weight is 1130 g/mol. The van der Waals surface area contributed by atoms with E-state index in [2.05, 4.69) is 191 Å². The molecule has 0 aromatic carbocycles. The normalized spacial score (nSPS) is 13.3. The Labute approximate surface area is 504 Å². The number of esters is 3. The Bertz CT molecular complexity index is 1870. The molecule has 0 rings (SSSR count). The summed E-state index contributed by atoms with van der Waals surface area (Å²) in [4.78, 5) is 38.2. The van der Waals surface area contributed by atoms with Crippen molar-refractivity contribution in [2.24, 2.45) is 0 Å². The van der Waals surface area contributed by atoms with Crippen LogP contribution in [0.3, 0.4) is 0 Å². The van der Waals surface area contributed by atoms with E-state index >= 15 is 0 Å². The molecule has 0 N–H and O–H groups in total. The van der Waals surface area contributed by atoms with Gasteiger partial charge in [0.15, 0.2) is 6.10 Å². The van der Waals surface area contributed by atoms with Crippen molar-refractivity contribution < 1.29 is 28.6 Å². The molecule has 1 atom stereocenters. The van der Waals surface area contributed by atoms with Crippen LogP contribution in [-0.2, 0) is 28.6 Å². The zero-order chi connectivity index (χ0) is 59.2. The van der Waals surface area contributed by atoms with Gasteiger partial charge in [0.25, 0.3) is 0 Å². The second kappa shape index (κ2) is 68.3. The lowest BCUT2D eigenvalue weighted by Crippen LogP contribution is -2.30. The van der Waals surface area contributed by atoms with Gasteiger partial charge in [-0.05, 0) is 135 Å². The third-order valence-corrected chi connectivity index (χ3v) is 13.5. The van der Waals surface area contributed by atoms with E-state index in [4.69, 9.17) is 14.2 Å². The summed E-state index contributed by atoms with van der Waals surface area (Å²) in [6.45, 7) is 6.35. The number of carbonyl (C=O) groups excluding carboxylic acids is 3. The molecule has 6 nitrogen and oxygen atoms in total. The number of ether oxygens (including phenoxy) is 3. The van der Waals surface area contributed by atoms with Crippen LogP contribution in [0.2, 0.25) is 0 Å². The number of rotatable bonds is 58. The zero-order valence-electron chi connectivity index (χ0n) is 52.7. The molecule has 0 radical (unpaired) electrons. The van der Waals surface area contributed by atoms with Gasteiger partial charge in [-0.2, -0.15) is 0 Å². The first-order valence-electron chi connectivity index (χ1n) is 33.1. The van der Waals surface area contributed by atoms with Gasteiger partial charge in [-0.1, -0.05) is 287 Å². The van der Waals surface area contributed by atoms with Crippen molar-refractivity contribution >= 4 is 17.9 Å². The standard InChI is InChI=1S/C76H120O6/c1-4-7-10-13-16-19-21-23-25-27-29-31-33-34-35-36-37-38-39-40-41-42-44-45-47-49-51-53-55-57-60-63-66-69-75(78)81-72-73(71-80-74(77)68-65-62-59-18-15-12-9-6-3)82-76(79)70-67-64-61-58-56-54-52-50-48-46-43-32-30-28-26-24-22-20-17-14-11-8-5-2/h7-8,10-11,16-17,19-20,23-26,29-32,34-35,37-38,40-41,44-46,48,52,54,73H,4-6,9,12-15,18,21-22,27-28,33,36,39,42-43,47,49-51,53,55-72H2,1-3H3/b10-7-,11-8-,19-16-,20-17-,25-23-,26-24-,31-29-,32-30-,35-34-,38-37-,41-40-,45-44-,48-46-,54-52-. The van der Waals surface area contributed by atoms with E-state index in [1.807, 2.05) is 0 Å². The predicted molar refractivity (Wildman–Crippen MR) is 357 cm³/mol. The molecule has 0 fully saturated rings. The summed E-state index contributed by atoms with van der Waals surface area (Å²) in [5, 5.41) is 0.